The first-order chi connectivity index (χ1) is 10.2. The van der Waals surface area contributed by atoms with Gasteiger partial charge in [-0.1, -0.05) is 41.9 Å². The van der Waals surface area contributed by atoms with Crippen LogP contribution in [0.2, 0.25) is 5.15 Å². The smallest absolute Gasteiger partial charge is 0.168 e. The zero-order valence-corrected chi connectivity index (χ0v) is 11.6. The molecule has 0 aliphatic carbocycles. The minimum Gasteiger partial charge on any atom is -0.507 e. The number of benzene rings is 2. The molecule has 0 saturated heterocycles. The molecule has 0 aliphatic rings. The molecule has 6 heteroatoms. The van der Waals surface area contributed by atoms with Crippen LogP contribution in [-0.2, 0) is 0 Å². The number of nitrogens with one attached hydrogen (secondary N) is 1. The lowest BCUT2D eigenvalue weighted by Gasteiger charge is -2.04. The number of hydrogen-bond acceptors (Lipinski definition) is 5. The monoisotopic (exact) mass is 298 g/mol. The van der Waals surface area contributed by atoms with Crippen LogP contribution >= 0.6 is 11.6 Å². The molecular formula is C15H11ClN4O. The summed E-state index contributed by atoms with van der Waals surface area (Å²) in [6.07, 6.45) is 1.55. The number of hydrazone groups is 1. The molecule has 0 amide bonds. The van der Waals surface area contributed by atoms with Crippen LogP contribution in [0.15, 0.2) is 53.6 Å². The molecule has 0 unspecified atom stereocenters. The lowest BCUT2D eigenvalue weighted by atomic mass is 10.0. The lowest BCUT2D eigenvalue weighted by Crippen LogP contribution is -1.95. The van der Waals surface area contributed by atoms with E-state index in [-0.39, 0.29) is 5.75 Å². The van der Waals surface area contributed by atoms with E-state index in [0.29, 0.717) is 16.5 Å². The number of phenols is 1. The highest BCUT2D eigenvalue weighted by molar-refractivity contribution is 6.29. The van der Waals surface area contributed by atoms with Gasteiger partial charge in [0.25, 0.3) is 0 Å². The normalized spacial score (nSPS) is 11.1. The third-order valence-electron chi connectivity index (χ3n) is 2.95. The largest absolute Gasteiger partial charge is 0.507 e. The second-order valence-corrected chi connectivity index (χ2v) is 4.72. The van der Waals surface area contributed by atoms with Crippen molar-refractivity contribution in [2.75, 3.05) is 5.43 Å². The topological polar surface area (TPSA) is 70.4 Å². The number of aromatic hydroxyl groups is 1. The Labute approximate surface area is 125 Å². The van der Waals surface area contributed by atoms with Crippen molar-refractivity contribution in [3.8, 4) is 5.75 Å². The van der Waals surface area contributed by atoms with Crippen LogP contribution in [0.1, 0.15) is 5.56 Å². The first kappa shape index (κ1) is 13.3. The molecule has 0 radical (unpaired) electrons. The molecule has 1 aromatic heterocycles. The van der Waals surface area contributed by atoms with Crippen molar-refractivity contribution in [3.05, 3.63) is 59.2 Å². The van der Waals surface area contributed by atoms with Crippen molar-refractivity contribution in [1.82, 2.24) is 10.2 Å². The number of anilines is 1. The van der Waals surface area contributed by atoms with Gasteiger partial charge in [-0.25, -0.2) is 0 Å². The quantitative estimate of drug-likeness (QED) is 0.574. The Morgan fingerprint density at radius 1 is 1.05 bits per heavy atom. The van der Waals surface area contributed by atoms with Crippen LogP contribution in [-0.4, -0.2) is 21.5 Å². The maximum Gasteiger partial charge on any atom is 0.168 e. The van der Waals surface area contributed by atoms with Gasteiger partial charge >= 0.3 is 0 Å². The molecule has 1 heterocycles. The molecule has 3 rings (SSSR count). The van der Waals surface area contributed by atoms with Crippen molar-refractivity contribution < 1.29 is 5.11 Å². The van der Waals surface area contributed by atoms with Gasteiger partial charge in [-0.3, -0.25) is 5.43 Å². The van der Waals surface area contributed by atoms with Crippen molar-refractivity contribution in [1.29, 1.82) is 0 Å². The molecule has 0 aliphatic heterocycles. The molecule has 0 fully saturated rings. The van der Waals surface area contributed by atoms with Crippen LogP contribution in [0.5, 0.6) is 5.75 Å². The fourth-order valence-corrected chi connectivity index (χ4v) is 2.06. The summed E-state index contributed by atoms with van der Waals surface area (Å²) in [4.78, 5) is 0. The molecular weight excluding hydrogens is 288 g/mol. The highest BCUT2D eigenvalue weighted by Crippen LogP contribution is 2.25. The number of rotatable bonds is 3. The fraction of sp³-hybridized carbons (Fsp3) is 0. The van der Waals surface area contributed by atoms with Gasteiger partial charge in [0.15, 0.2) is 11.0 Å². The number of nitrogens with zero attached hydrogens (tertiary/aromatic N) is 3. The maximum atomic E-state index is 9.98. The van der Waals surface area contributed by atoms with Crippen LogP contribution in [0.25, 0.3) is 10.8 Å². The summed E-state index contributed by atoms with van der Waals surface area (Å²) in [5.74, 6) is 0.636. The summed E-state index contributed by atoms with van der Waals surface area (Å²) >= 11 is 5.65. The first-order valence-electron chi connectivity index (χ1n) is 6.23. The Hall–Kier alpha value is -2.66. The molecule has 5 nitrogen and oxygen atoms in total. The minimum absolute atomic E-state index is 0.168. The number of aromatic nitrogens is 2. The number of phenolic OH excluding ortho intramolecular Hbond substituents is 1. The molecule has 2 aromatic carbocycles. The zero-order valence-electron chi connectivity index (χ0n) is 10.9. The Balaban J connectivity index is 1.89. The summed E-state index contributed by atoms with van der Waals surface area (Å²) in [6.45, 7) is 0. The van der Waals surface area contributed by atoms with E-state index in [4.69, 9.17) is 11.6 Å². The van der Waals surface area contributed by atoms with Crippen molar-refractivity contribution in [3.63, 3.8) is 0 Å². The minimum atomic E-state index is 0.168. The average Bonchev–Trinajstić information content (AvgIpc) is 2.51. The first-order valence-corrected chi connectivity index (χ1v) is 6.61. The number of fused-ring (bicyclic) bond motifs is 1. The van der Waals surface area contributed by atoms with E-state index in [2.05, 4.69) is 20.7 Å². The molecule has 3 aromatic rings. The summed E-state index contributed by atoms with van der Waals surface area (Å²) in [5.41, 5.74) is 3.38. The van der Waals surface area contributed by atoms with E-state index in [1.54, 1.807) is 24.4 Å². The SMILES string of the molecule is Oc1ccc2ccccc2c1/C=N/Nc1ccc(Cl)nn1. The summed E-state index contributed by atoms with van der Waals surface area (Å²) in [7, 11) is 0. The third-order valence-corrected chi connectivity index (χ3v) is 3.15. The average molecular weight is 299 g/mol. The molecule has 0 atom stereocenters. The van der Waals surface area contributed by atoms with Crippen molar-refractivity contribution in [2.45, 2.75) is 0 Å². The lowest BCUT2D eigenvalue weighted by molar-refractivity contribution is 0.475. The van der Waals surface area contributed by atoms with E-state index in [0.717, 1.165) is 10.8 Å². The number of hydrogen-bond donors (Lipinski definition) is 2. The predicted molar refractivity (Wildman–Crippen MR) is 83.9 cm³/mol. The van der Waals surface area contributed by atoms with Gasteiger partial charge in [-0.05, 0) is 29.0 Å². The van der Waals surface area contributed by atoms with E-state index in [9.17, 15) is 5.11 Å². The van der Waals surface area contributed by atoms with Crippen molar-refractivity contribution >= 4 is 34.4 Å². The third kappa shape index (κ3) is 2.93. The number of halogens is 1. The summed E-state index contributed by atoms with van der Waals surface area (Å²) < 4.78 is 0. The van der Waals surface area contributed by atoms with Gasteiger partial charge in [0.05, 0.1) is 6.21 Å². The Bertz CT molecular complexity index is 802. The standard InChI is InChI=1S/C15H11ClN4O/c16-14-7-8-15(20-18-14)19-17-9-12-11-4-2-1-3-10(11)5-6-13(12)21/h1-9,21H,(H,19,20)/b17-9+. The highest BCUT2D eigenvalue weighted by Gasteiger charge is 2.04. The van der Waals surface area contributed by atoms with Gasteiger partial charge in [-0.15, -0.1) is 10.2 Å². The highest BCUT2D eigenvalue weighted by atomic mass is 35.5. The van der Waals surface area contributed by atoms with Crippen molar-refractivity contribution in [2.24, 2.45) is 5.10 Å². The van der Waals surface area contributed by atoms with Gasteiger partial charge in [0.2, 0.25) is 0 Å². The van der Waals surface area contributed by atoms with Crippen LogP contribution in [0, 0.1) is 0 Å². The molecule has 0 spiro atoms. The second kappa shape index (κ2) is 5.76. The zero-order chi connectivity index (χ0) is 14.7. The second-order valence-electron chi connectivity index (χ2n) is 4.33. The molecule has 21 heavy (non-hydrogen) atoms. The van der Waals surface area contributed by atoms with Gasteiger partial charge in [0, 0.05) is 5.56 Å². The van der Waals surface area contributed by atoms with Crippen LogP contribution in [0.3, 0.4) is 0 Å². The van der Waals surface area contributed by atoms with E-state index in [1.165, 1.54) is 0 Å². The summed E-state index contributed by atoms with van der Waals surface area (Å²) in [5, 5.41) is 23.8. The fourth-order valence-electron chi connectivity index (χ4n) is 1.96. The molecule has 2 N–H and O–H groups in total. The Morgan fingerprint density at radius 2 is 1.90 bits per heavy atom. The van der Waals surface area contributed by atoms with Crippen LogP contribution in [0.4, 0.5) is 5.82 Å². The van der Waals surface area contributed by atoms with Crippen LogP contribution < -0.4 is 5.43 Å². The Morgan fingerprint density at radius 3 is 2.71 bits per heavy atom. The van der Waals surface area contributed by atoms with Gasteiger partial charge < -0.3 is 5.11 Å². The molecule has 0 saturated carbocycles. The Kier molecular flexibility index (Phi) is 3.66. The molecule has 0 bridgehead atoms. The van der Waals surface area contributed by atoms with E-state index in [1.807, 2.05) is 30.3 Å². The van der Waals surface area contributed by atoms with E-state index >= 15 is 0 Å². The predicted octanol–water partition coefficient (Wildman–Crippen LogP) is 3.43. The maximum absolute atomic E-state index is 9.98. The van der Waals surface area contributed by atoms with Gasteiger partial charge in [0.1, 0.15) is 5.75 Å². The molecule has 104 valence electrons. The van der Waals surface area contributed by atoms with Gasteiger partial charge in [-0.2, -0.15) is 5.10 Å². The summed E-state index contributed by atoms with van der Waals surface area (Å²) in [6, 6.07) is 14.5. The van der Waals surface area contributed by atoms with E-state index < -0.39 is 0 Å².